The number of nitrogens with one attached hydrogen (secondary N) is 2. The van der Waals surface area contributed by atoms with Crippen molar-refractivity contribution in [3.63, 3.8) is 0 Å². The normalized spacial score (nSPS) is 17.5. The zero-order chi connectivity index (χ0) is 28.0. The lowest BCUT2D eigenvalue weighted by Crippen LogP contribution is -2.70. The molecule has 1 aromatic carbocycles. The van der Waals surface area contributed by atoms with E-state index in [9.17, 15) is 14.4 Å². The highest BCUT2D eigenvalue weighted by Crippen LogP contribution is 2.40. The first-order valence-electron chi connectivity index (χ1n) is 11.5. The van der Waals surface area contributed by atoms with E-state index < -0.39 is 17.9 Å². The second kappa shape index (κ2) is 16.4. The van der Waals surface area contributed by atoms with Gasteiger partial charge in [0.1, 0.15) is 42.0 Å². The van der Waals surface area contributed by atoms with Gasteiger partial charge in [0.2, 0.25) is 0 Å². The number of fused-ring (bicyclic) bond motifs is 1. The molecule has 2 heterocycles. The van der Waals surface area contributed by atoms with Gasteiger partial charge < -0.3 is 24.3 Å². The van der Waals surface area contributed by atoms with E-state index in [1.165, 1.54) is 30.7 Å². The lowest BCUT2D eigenvalue weighted by Gasteiger charge is -2.49. The zero-order valence-electron chi connectivity index (χ0n) is 21.8. The van der Waals surface area contributed by atoms with Crippen molar-refractivity contribution in [3.05, 3.63) is 47.7 Å². The molecule has 11 nitrogen and oxygen atoms in total. The van der Waals surface area contributed by atoms with Gasteiger partial charge in [-0.2, -0.15) is 5.48 Å². The van der Waals surface area contributed by atoms with Crippen LogP contribution in [0.15, 0.2) is 42.1 Å². The topological polar surface area (TPSA) is 132 Å². The number of nitrogens with zero attached hydrogens (tertiary/aromatic N) is 1. The number of rotatable bonds is 11. The predicted octanol–water partition coefficient (Wildman–Crippen LogP) is 1.97. The van der Waals surface area contributed by atoms with Crippen LogP contribution in [0.25, 0.3) is 0 Å². The largest absolute Gasteiger partial charge is 0.497 e. The van der Waals surface area contributed by atoms with E-state index in [-0.39, 0.29) is 36.7 Å². The van der Waals surface area contributed by atoms with Crippen LogP contribution in [-0.2, 0) is 35.3 Å². The van der Waals surface area contributed by atoms with Gasteiger partial charge in [0.05, 0.1) is 20.8 Å². The van der Waals surface area contributed by atoms with Crippen molar-refractivity contribution < 1.29 is 38.2 Å². The minimum atomic E-state index is -0.588. The number of carbonyl (C=O) groups excluding carboxylic acids is 4. The number of ether oxygens (including phenoxy) is 3. The fourth-order valence-electron chi connectivity index (χ4n) is 3.43. The molecule has 1 fully saturated rings. The number of methoxy groups -OCH3 is 2. The van der Waals surface area contributed by atoms with E-state index in [2.05, 4.69) is 17.4 Å². The van der Waals surface area contributed by atoms with Crippen molar-refractivity contribution in [2.45, 2.75) is 38.7 Å². The van der Waals surface area contributed by atoms with Crippen LogP contribution in [0.4, 0.5) is 0 Å². The molecule has 1 aromatic rings. The molecule has 0 radical (unpaired) electrons. The summed E-state index contributed by atoms with van der Waals surface area (Å²) in [4.78, 5) is 52.0. The number of hydrogen-bond acceptors (Lipinski definition) is 10. The Morgan fingerprint density at radius 1 is 1.22 bits per heavy atom. The Kier molecular flexibility index (Phi) is 14.0. The fraction of sp³-hybridized carbons (Fsp3) is 0.440. The highest BCUT2D eigenvalue weighted by atomic mass is 32.2. The molecule has 2 aliphatic rings. The molecule has 0 aliphatic carbocycles. The monoisotopic (exact) mass is 537 g/mol. The van der Waals surface area contributed by atoms with E-state index in [4.69, 9.17) is 23.8 Å². The maximum atomic E-state index is 13.2. The summed E-state index contributed by atoms with van der Waals surface area (Å²) in [6, 6.07) is 4.69. The van der Waals surface area contributed by atoms with Crippen molar-refractivity contribution in [2.75, 3.05) is 33.2 Å². The van der Waals surface area contributed by atoms with Crippen molar-refractivity contribution in [1.29, 1.82) is 0 Å². The average Bonchev–Trinajstić information content (AvgIpc) is 2.94. The van der Waals surface area contributed by atoms with E-state index in [1.807, 2.05) is 20.6 Å². The van der Waals surface area contributed by atoms with Gasteiger partial charge in [-0.1, -0.05) is 19.9 Å². The molecule has 204 valence electrons. The molecule has 3 rings (SSSR count). The molecule has 1 saturated heterocycles. The molecule has 1 unspecified atom stereocenters. The Bertz CT molecular complexity index is 985. The van der Waals surface area contributed by atoms with Gasteiger partial charge >= 0.3 is 5.97 Å². The Balaban J connectivity index is 0.00000163. The molecule has 0 aromatic heterocycles. The third kappa shape index (κ3) is 8.07. The smallest absolute Gasteiger partial charge is 0.302 e. The SMILES string of the molecule is C=CCONC1C(=O)N2C(C(=O)NCc3ccc(OC)cc3OC)=C(COC(C)=O)CS[C@H]12.C=O.CC. The van der Waals surface area contributed by atoms with E-state index in [1.54, 1.807) is 31.4 Å². The maximum Gasteiger partial charge on any atom is 0.302 e. The second-order valence-electron chi connectivity index (χ2n) is 7.20. The third-order valence-corrected chi connectivity index (χ3v) is 6.40. The summed E-state index contributed by atoms with van der Waals surface area (Å²) in [5, 5.41) is 2.53. The minimum absolute atomic E-state index is 0.0709. The van der Waals surface area contributed by atoms with Gasteiger partial charge in [-0.15, -0.1) is 18.3 Å². The molecule has 12 heteroatoms. The number of thioether (sulfide) groups is 1. The van der Waals surface area contributed by atoms with Crippen LogP contribution >= 0.6 is 11.8 Å². The lowest BCUT2D eigenvalue weighted by atomic mass is 10.0. The minimum Gasteiger partial charge on any atom is -0.497 e. The van der Waals surface area contributed by atoms with Crippen LogP contribution in [0, 0.1) is 0 Å². The Labute approximate surface area is 221 Å². The number of amides is 2. The van der Waals surface area contributed by atoms with Crippen LogP contribution in [0.1, 0.15) is 26.3 Å². The number of hydroxylamine groups is 1. The number of β-lactam (4-membered cyclic amide) rings is 1. The molecule has 0 spiro atoms. The number of esters is 1. The first kappa shape index (κ1) is 31.7. The predicted molar refractivity (Wildman–Crippen MR) is 140 cm³/mol. The Morgan fingerprint density at radius 2 is 1.92 bits per heavy atom. The molecular weight excluding hydrogens is 502 g/mol. The van der Waals surface area contributed by atoms with Crippen LogP contribution < -0.4 is 20.3 Å². The quantitative estimate of drug-likeness (QED) is 0.142. The second-order valence-corrected chi connectivity index (χ2v) is 8.30. The summed E-state index contributed by atoms with van der Waals surface area (Å²) in [6.07, 6.45) is 1.56. The first-order valence-corrected chi connectivity index (χ1v) is 12.5. The molecule has 2 N–H and O–H groups in total. The first-order chi connectivity index (χ1) is 17.9. The molecule has 0 saturated carbocycles. The maximum absolute atomic E-state index is 13.2. The van der Waals surface area contributed by atoms with Crippen molar-refractivity contribution in [2.24, 2.45) is 0 Å². The van der Waals surface area contributed by atoms with Gasteiger partial charge in [-0.25, -0.2) is 0 Å². The molecule has 2 aliphatic heterocycles. The van der Waals surface area contributed by atoms with Crippen molar-refractivity contribution in [3.8, 4) is 11.5 Å². The van der Waals surface area contributed by atoms with Crippen LogP contribution in [-0.4, -0.2) is 74.1 Å². The summed E-state index contributed by atoms with van der Waals surface area (Å²) >= 11 is 1.46. The fourth-order valence-corrected chi connectivity index (χ4v) is 4.74. The zero-order valence-corrected chi connectivity index (χ0v) is 22.6. The highest BCUT2D eigenvalue weighted by Gasteiger charge is 2.53. The van der Waals surface area contributed by atoms with E-state index in [0.717, 1.165) is 5.56 Å². The molecule has 2 amide bonds. The van der Waals surface area contributed by atoms with Gasteiger partial charge in [0, 0.05) is 36.4 Å². The molecule has 0 bridgehead atoms. The summed E-state index contributed by atoms with van der Waals surface area (Å²) in [5.74, 6) is 0.400. The molecular formula is C25H35N3O8S. The van der Waals surface area contributed by atoms with Gasteiger partial charge in [-0.3, -0.25) is 24.1 Å². The third-order valence-electron chi connectivity index (χ3n) is 5.06. The van der Waals surface area contributed by atoms with E-state index >= 15 is 0 Å². The van der Waals surface area contributed by atoms with Gasteiger partial charge in [0.15, 0.2) is 0 Å². The average molecular weight is 538 g/mol. The molecule has 37 heavy (non-hydrogen) atoms. The number of benzene rings is 1. The summed E-state index contributed by atoms with van der Waals surface area (Å²) in [6.45, 7) is 11.2. The van der Waals surface area contributed by atoms with Crippen molar-refractivity contribution in [1.82, 2.24) is 15.7 Å². The summed E-state index contributed by atoms with van der Waals surface area (Å²) < 4.78 is 15.7. The van der Waals surface area contributed by atoms with E-state index in [0.29, 0.717) is 22.8 Å². The number of carbonyl (C=O) groups is 4. The van der Waals surface area contributed by atoms with Gasteiger partial charge in [-0.05, 0) is 12.1 Å². The van der Waals surface area contributed by atoms with Crippen molar-refractivity contribution >= 4 is 36.3 Å². The lowest BCUT2D eigenvalue weighted by molar-refractivity contribution is -0.152. The molecule has 2 atom stereocenters. The van der Waals surface area contributed by atoms with Crippen LogP contribution in [0.3, 0.4) is 0 Å². The standard InChI is InChI=1S/C22H27N3O7S.C2H6.CH2O/c1-5-8-32-24-18-21(28)25-19(15(11-31-13(2)26)12-33-22(18)25)20(27)23-10-14-6-7-16(29-3)9-17(14)30-4;2*1-2/h5-7,9,18,22,24H,1,8,10-12H2,2-4H3,(H,23,27);1-2H3;1H2/t18?,22-;;/m1../s1. The Hall–Kier alpha value is -3.35. The number of hydrogen-bond donors (Lipinski definition) is 2. The summed E-state index contributed by atoms with van der Waals surface area (Å²) in [7, 11) is 3.09. The van der Waals surface area contributed by atoms with Crippen LogP contribution in [0.2, 0.25) is 0 Å². The summed E-state index contributed by atoms with van der Waals surface area (Å²) in [5.41, 5.74) is 4.22. The Morgan fingerprint density at radius 3 is 2.51 bits per heavy atom. The van der Waals surface area contributed by atoms with Crippen LogP contribution in [0.5, 0.6) is 11.5 Å². The highest BCUT2D eigenvalue weighted by molar-refractivity contribution is 8.00. The van der Waals surface area contributed by atoms with Gasteiger partial charge in [0.25, 0.3) is 11.8 Å².